The number of para-hydroxylation sites is 1. The second-order valence-corrected chi connectivity index (χ2v) is 10.2. The molecule has 7 nitrogen and oxygen atoms in total. The summed E-state index contributed by atoms with van der Waals surface area (Å²) in [6.45, 7) is 4.55. The molecule has 0 spiro atoms. The molecule has 1 aliphatic heterocycles. The molecular formula is C22H22Cl2N4O3S. The molecule has 0 N–H and O–H groups in total. The maximum atomic E-state index is 13.3. The third-order valence-corrected chi connectivity index (χ3v) is 8.44. The molecule has 0 bridgehead atoms. The highest BCUT2D eigenvalue weighted by atomic mass is 35.5. The van der Waals surface area contributed by atoms with E-state index in [0.29, 0.717) is 11.3 Å². The van der Waals surface area contributed by atoms with Gasteiger partial charge in [-0.25, -0.2) is 13.1 Å². The number of carbonyl (C=O) groups excluding carboxylic acids is 1. The zero-order chi connectivity index (χ0) is 23.0. The Balaban J connectivity index is 1.52. The molecule has 2 heterocycles. The SMILES string of the molecule is Cc1nn(-c2ccccc2)c(C)c1C(=O)N1CCN(S(=O)(=O)c2cccc(Cl)c2Cl)CC1. The number of halogens is 2. The fourth-order valence-corrected chi connectivity index (χ4v) is 6.04. The molecule has 1 saturated heterocycles. The zero-order valence-corrected chi connectivity index (χ0v) is 20.0. The standard InChI is InChI=1S/C22H22Cl2N4O3S/c1-15-20(16(2)28(25-15)17-7-4-3-5-8-17)22(29)26-11-13-27(14-12-26)32(30,31)19-10-6-9-18(23)21(19)24/h3-10H,11-14H2,1-2H3. The lowest BCUT2D eigenvalue weighted by atomic mass is 10.1. The number of benzene rings is 2. The third-order valence-electron chi connectivity index (χ3n) is 5.57. The molecule has 1 aliphatic rings. The lowest BCUT2D eigenvalue weighted by Crippen LogP contribution is -2.50. The Labute approximate surface area is 197 Å². The van der Waals surface area contributed by atoms with E-state index in [2.05, 4.69) is 5.10 Å². The number of rotatable bonds is 4. The van der Waals surface area contributed by atoms with Crippen LogP contribution in [0.5, 0.6) is 0 Å². The molecule has 0 aliphatic carbocycles. The van der Waals surface area contributed by atoms with Crippen LogP contribution in [0.25, 0.3) is 5.69 Å². The highest BCUT2D eigenvalue weighted by Crippen LogP contribution is 2.31. The lowest BCUT2D eigenvalue weighted by molar-refractivity contribution is 0.0696. The minimum atomic E-state index is -3.81. The van der Waals surface area contributed by atoms with Crippen molar-refractivity contribution in [1.82, 2.24) is 19.0 Å². The van der Waals surface area contributed by atoms with E-state index in [1.165, 1.54) is 10.4 Å². The van der Waals surface area contributed by atoms with Gasteiger partial charge in [0.15, 0.2) is 0 Å². The van der Waals surface area contributed by atoms with Gasteiger partial charge in [-0.3, -0.25) is 4.79 Å². The molecule has 0 radical (unpaired) electrons. The van der Waals surface area contributed by atoms with Crippen molar-refractivity contribution in [2.45, 2.75) is 18.7 Å². The van der Waals surface area contributed by atoms with Gasteiger partial charge in [0.1, 0.15) is 4.90 Å². The van der Waals surface area contributed by atoms with Crippen molar-refractivity contribution in [3.63, 3.8) is 0 Å². The number of aromatic nitrogens is 2. The molecule has 0 unspecified atom stereocenters. The molecule has 4 rings (SSSR count). The smallest absolute Gasteiger partial charge is 0.257 e. The van der Waals surface area contributed by atoms with E-state index in [1.54, 1.807) is 21.7 Å². The minimum Gasteiger partial charge on any atom is -0.336 e. The van der Waals surface area contributed by atoms with Gasteiger partial charge in [0.25, 0.3) is 5.91 Å². The number of carbonyl (C=O) groups is 1. The number of aryl methyl sites for hydroxylation is 1. The van der Waals surface area contributed by atoms with Crippen molar-refractivity contribution in [1.29, 1.82) is 0 Å². The normalized spacial score (nSPS) is 15.2. The Morgan fingerprint density at radius 3 is 2.25 bits per heavy atom. The van der Waals surface area contributed by atoms with Gasteiger partial charge in [0.05, 0.1) is 32.7 Å². The maximum Gasteiger partial charge on any atom is 0.257 e. The number of piperazine rings is 1. The summed E-state index contributed by atoms with van der Waals surface area (Å²) in [6.07, 6.45) is 0. The van der Waals surface area contributed by atoms with Gasteiger partial charge in [-0.1, -0.05) is 47.5 Å². The minimum absolute atomic E-state index is 0.00671. The zero-order valence-electron chi connectivity index (χ0n) is 17.6. The van der Waals surface area contributed by atoms with Crippen molar-refractivity contribution in [2.24, 2.45) is 0 Å². The summed E-state index contributed by atoms with van der Waals surface area (Å²) >= 11 is 12.1. The topological polar surface area (TPSA) is 75.5 Å². The maximum absolute atomic E-state index is 13.3. The van der Waals surface area contributed by atoms with Crippen LogP contribution in [-0.2, 0) is 10.0 Å². The van der Waals surface area contributed by atoms with Crippen LogP contribution in [0.4, 0.5) is 0 Å². The van der Waals surface area contributed by atoms with Gasteiger partial charge in [-0.05, 0) is 38.1 Å². The first-order valence-electron chi connectivity index (χ1n) is 10.1. The molecular weight excluding hydrogens is 471 g/mol. The first-order chi connectivity index (χ1) is 15.2. The summed E-state index contributed by atoms with van der Waals surface area (Å²) in [5.74, 6) is -0.153. The van der Waals surface area contributed by atoms with Crippen molar-refractivity contribution in [3.8, 4) is 5.69 Å². The van der Waals surface area contributed by atoms with Gasteiger partial charge in [0, 0.05) is 26.2 Å². The summed E-state index contributed by atoms with van der Waals surface area (Å²) in [6, 6.07) is 14.1. The Hall–Kier alpha value is -2.39. The van der Waals surface area contributed by atoms with Crippen LogP contribution in [-0.4, -0.2) is 59.5 Å². The van der Waals surface area contributed by atoms with Crippen LogP contribution in [0.15, 0.2) is 53.4 Å². The molecule has 1 amide bonds. The van der Waals surface area contributed by atoms with Crippen LogP contribution in [0.3, 0.4) is 0 Å². The molecule has 10 heteroatoms. The Morgan fingerprint density at radius 1 is 0.938 bits per heavy atom. The summed E-state index contributed by atoms with van der Waals surface area (Å²) in [7, 11) is -3.81. The first-order valence-corrected chi connectivity index (χ1v) is 12.3. The molecule has 2 aromatic carbocycles. The van der Waals surface area contributed by atoms with Gasteiger partial charge in [-0.15, -0.1) is 0 Å². The predicted molar refractivity (Wildman–Crippen MR) is 124 cm³/mol. The first kappa shape index (κ1) is 22.8. The number of hydrogen-bond donors (Lipinski definition) is 0. The van der Waals surface area contributed by atoms with Crippen molar-refractivity contribution < 1.29 is 13.2 Å². The quantitative estimate of drug-likeness (QED) is 0.552. The van der Waals surface area contributed by atoms with Crippen molar-refractivity contribution in [2.75, 3.05) is 26.2 Å². The highest BCUT2D eigenvalue weighted by molar-refractivity contribution is 7.89. The number of nitrogens with zero attached hydrogens (tertiary/aromatic N) is 4. The molecule has 1 fully saturated rings. The number of amides is 1. The molecule has 1 aromatic heterocycles. The second kappa shape index (κ2) is 8.86. The van der Waals surface area contributed by atoms with Crippen LogP contribution in [0.2, 0.25) is 10.0 Å². The fourth-order valence-electron chi connectivity index (χ4n) is 3.88. The van der Waals surface area contributed by atoms with Gasteiger partial charge in [-0.2, -0.15) is 9.40 Å². The molecule has 0 saturated carbocycles. The van der Waals surface area contributed by atoms with Crippen molar-refractivity contribution in [3.05, 3.63) is 75.5 Å². The predicted octanol–water partition coefficient (Wildman–Crippen LogP) is 3.94. The van der Waals surface area contributed by atoms with E-state index >= 15 is 0 Å². The summed E-state index contributed by atoms with van der Waals surface area (Å²) in [4.78, 5) is 14.9. The Kier molecular flexibility index (Phi) is 6.31. The highest BCUT2D eigenvalue weighted by Gasteiger charge is 2.33. The van der Waals surface area contributed by atoms with Gasteiger partial charge in [0.2, 0.25) is 10.0 Å². The van der Waals surface area contributed by atoms with E-state index in [9.17, 15) is 13.2 Å². The van der Waals surface area contributed by atoms with E-state index in [4.69, 9.17) is 23.2 Å². The van der Waals surface area contributed by atoms with E-state index in [1.807, 2.05) is 44.2 Å². The largest absolute Gasteiger partial charge is 0.336 e. The average Bonchev–Trinajstić information content (AvgIpc) is 3.09. The second-order valence-electron chi connectivity index (χ2n) is 7.54. The fraction of sp³-hybridized carbons (Fsp3) is 0.273. The summed E-state index contributed by atoms with van der Waals surface area (Å²) in [5.41, 5.74) is 2.81. The van der Waals surface area contributed by atoms with Gasteiger partial charge < -0.3 is 4.90 Å². The van der Waals surface area contributed by atoms with E-state index in [0.717, 1.165) is 11.4 Å². The Bertz CT molecular complexity index is 1270. The molecule has 0 atom stereocenters. The molecule has 168 valence electrons. The van der Waals surface area contributed by atoms with Crippen LogP contribution < -0.4 is 0 Å². The van der Waals surface area contributed by atoms with Crippen molar-refractivity contribution >= 4 is 39.1 Å². The van der Waals surface area contributed by atoms with E-state index in [-0.39, 0.29) is 47.0 Å². The Morgan fingerprint density at radius 2 is 1.59 bits per heavy atom. The molecule has 32 heavy (non-hydrogen) atoms. The lowest BCUT2D eigenvalue weighted by Gasteiger charge is -2.34. The summed E-state index contributed by atoms with van der Waals surface area (Å²) in [5, 5.41) is 4.73. The monoisotopic (exact) mass is 492 g/mol. The van der Waals surface area contributed by atoms with Gasteiger partial charge >= 0.3 is 0 Å². The number of sulfonamides is 1. The van der Waals surface area contributed by atoms with Crippen LogP contribution >= 0.6 is 23.2 Å². The third kappa shape index (κ3) is 4.03. The molecule has 3 aromatic rings. The van der Waals surface area contributed by atoms with Crippen LogP contribution in [0, 0.1) is 13.8 Å². The van der Waals surface area contributed by atoms with Crippen LogP contribution in [0.1, 0.15) is 21.7 Å². The van der Waals surface area contributed by atoms with E-state index < -0.39 is 10.0 Å². The number of hydrogen-bond acceptors (Lipinski definition) is 4. The summed E-state index contributed by atoms with van der Waals surface area (Å²) < 4.78 is 29.2. The average molecular weight is 493 g/mol.